The van der Waals surface area contributed by atoms with Gasteiger partial charge >= 0.3 is 0 Å². The summed E-state index contributed by atoms with van der Waals surface area (Å²) in [5.74, 6) is 2.26. The Kier molecular flexibility index (Phi) is 7.32. The molecule has 26 heavy (non-hydrogen) atoms. The molecular weight excluding hydrogens is 330 g/mol. The zero-order valence-electron chi connectivity index (χ0n) is 16.2. The molecule has 0 aliphatic carbocycles. The van der Waals surface area contributed by atoms with Gasteiger partial charge in [-0.25, -0.2) is 0 Å². The molecule has 1 heterocycles. The van der Waals surface area contributed by atoms with E-state index in [2.05, 4.69) is 27.6 Å². The van der Waals surface area contributed by atoms with E-state index < -0.39 is 0 Å². The molecule has 0 bridgehead atoms. The average molecular weight is 359 g/mol. The molecule has 7 heteroatoms. The van der Waals surface area contributed by atoms with E-state index in [0.717, 1.165) is 28.6 Å². The molecule has 0 saturated carbocycles. The van der Waals surface area contributed by atoms with Gasteiger partial charge in [0.15, 0.2) is 17.5 Å². The van der Waals surface area contributed by atoms with Gasteiger partial charge in [-0.15, -0.1) is 0 Å². The van der Waals surface area contributed by atoms with Crippen molar-refractivity contribution in [2.45, 2.75) is 33.4 Å². The summed E-state index contributed by atoms with van der Waals surface area (Å²) in [7, 11) is 3.66. The minimum absolute atomic E-state index is 0.0602. The molecule has 2 rings (SSSR count). The molecule has 0 radical (unpaired) electrons. The Morgan fingerprint density at radius 3 is 2.58 bits per heavy atom. The summed E-state index contributed by atoms with van der Waals surface area (Å²) in [6, 6.07) is 6.07. The first-order valence-electron chi connectivity index (χ1n) is 8.91. The Labute approximate surface area is 155 Å². The van der Waals surface area contributed by atoms with Crippen LogP contribution in [0.5, 0.6) is 11.5 Å². The van der Waals surface area contributed by atoms with Crippen LogP contribution in [0.3, 0.4) is 0 Å². The van der Waals surface area contributed by atoms with Crippen LogP contribution < -0.4 is 20.1 Å². The second-order valence-corrected chi connectivity index (χ2v) is 5.89. The standard InChI is InChI=1S/C19H29N5O2/c1-6-25-17-9-8-16(10-18(17)26-7-2)14(3)23-19(20-4)21-11-15-12-22-24(5)13-15/h8-10,12-14H,6-7,11H2,1-5H3,(H2,20,21,23). The van der Waals surface area contributed by atoms with Crippen molar-refractivity contribution in [1.29, 1.82) is 0 Å². The van der Waals surface area contributed by atoms with Crippen molar-refractivity contribution >= 4 is 5.96 Å². The number of ether oxygens (including phenoxy) is 2. The number of benzene rings is 1. The lowest BCUT2D eigenvalue weighted by atomic mass is 10.1. The molecule has 1 aromatic heterocycles. The third-order valence-corrected chi connectivity index (χ3v) is 3.86. The molecule has 0 aliphatic rings. The summed E-state index contributed by atoms with van der Waals surface area (Å²) in [5, 5.41) is 10.9. The molecule has 2 aromatic rings. The Morgan fingerprint density at radius 2 is 1.96 bits per heavy atom. The van der Waals surface area contributed by atoms with Crippen LogP contribution in [0.15, 0.2) is 35.6 Å². The van der Waals surface area contributed by atoms with Crippen LogP contribution in [0.1, 0.15) is 37.9 Å². The van der Waals surface area contributed by atoms with Crippen molar-refractivity contribution in [3.05, 3.63) is 41.7 Å². The Morgan fingerprint density at radius 1 is 1.23 bits per heavy atom. The Balaban J connectivity index is 2.02. The lowest BCUT2D eigenvalue weighted by Gasteiger charge is -2.20. The summed E-state index contributed by atoms with van der Waals surface area (Å²) in [6.07, 6.45) is 3.81. The summed E-state index contributed by atoms with van der Waals surface area (Å²) in [5.41, 5.74) is 2.20. The van der Waals surface area contributed by atoms with Gasteiger partial charge in [-0.2, -0.15) is 5.10 Å². The van der Waals surface area contributed by atoms with Gasteiger partial charge in [0, 0.05) is 32.4 Å². The van der Waals surface area contributed by atoms with E-state index in [1.54, 1.807) is 11.7 Å². The maximum Gasteiger partial charge on any atom is 0.191 e. The number of aliphatic imine (C=N–C) groups is 1. The van der Waals surface area contributed by atoms with Crippen LogP contribution in [0, 0.1) is 0 Å². The van der Waals surface area contributed by atoms with Gasteiger partial charge in [-0.1, -0.05) is 6.07 Å². The van der Waals surface area contributed by atoms with E-state index in [1.807, 2.05) is 51.5 Å². The van der Waals surface area contributed by atoms with Gasteiger partial charge in [-0.05, 0) is 38.5 Å². The van der Waals surface area contributed by atoms with Crippen molar-refractivity contribution in [2.75, 3.05) is 20.3 Å². The van der Waals surface area contributed by atoms with Crippen LogP contribution in [0.2, 0.25) is 0 Å². The fourth-order valence-electron chi connectivity index (χ4n) is 2.57. The number of hydrogen-bond donors (Lipinski definition) is 2. The summed E-state index contributed by atoms with van der Waals surface area (Å²) >= 11 is 0. The number of guanidine groups is 1. The minimum Gasteiger partial charge on any atom is -0.490 e. The molecule has 7 nitrogen and oxygen atoms in total. The molecule has 0 saturated heterocycles. The molecule has 1 atom stereocenters. The van der Waals surface area contributed by atoms with E-state index in [1.165, 1.54) is 0 Å². The largest absolute Gasteiger partial charge is 0.490 e. The second-order valence-electron chi connectivity index (χ2n) is 5.89. The molecule has 1 unspecified atom stereocenters. The predicted molar refractivity (Wildman–Crippen MR) is 104 cm³/mol. The number of nitrogens with zero attached hydrogens (tertiary/aromatic N) is 3. The molecule has 1 aromatic carbocycles. The fourth-order valence-corrected chi connectivity index (χ4v) is 2.57. The highest BCUT2D eigenvalue weighted by molar-refractivity contribution is 5.80. The third kappa shape index (κ3) is 5.40. The number of hydrogen-bond acceptors (Lipinski definition) is 4. The lowest BCUT2D eigenvalue weighted by molar-refractivity contribution is 0.287. The van der Waals surface area contributed by atoms with E-state index in [-0.39, 0.29) is 6.04 Å². The predicted octanol–water partition coefficient (Wildman–Crippen LogP) is 2.64. The normalized spacial score (nSPS) is 12.6. The van der Waals surface area contributed by atoms with Crippen molar-refractivity contribution < 1.29 is 9.47 Å². The van der Waals surface area contributed by atoms with Crippen LogP contribution in [-0.4, -0.2) is 36.0 Å². The van der Waals surface area contributed by atoms with Gasteiger partial charge < -0.3 is 20.1 Å². The molecule has 142 valence electrons. The molecule has 0 spiro atoms. The first-order valence-corrected chi connectivity index (χ1v) is 8.91. The third-order valence-electron chi connectivity index (χ3n) is 3.86. The van der Waals surface area contributed by atoms with Gasteiger partial charge in [-0.3, -0.25) is 9.67 Å². The quantitative estimate of drug-likeness (QED) is 0.560. The van der Waals surface area contributed by atoms with Crippen LogP contribution in [0.25, 0.3) is 0 Å². The first-order chi connectivity index (χ1) is 12.6. The topological polar surface area (TPSA) is 72.7 Å². The molecular formula is C19H29N5O2. The maximum absolute atomic E-state index is 5.71. The first kappa shape index (κ1) is 19.6. The van der Waals surface area contributed by atoms with E-state index in [0.29, 0.717) is 19.8 Å². The van der Waals surface area contributed by atoms with Crippen molar-refractivity contribution in [3.8, 4) is 11.5 Å². The van der Waals surface area contributed by atoms with Gasteiger partial charge in [0.25, 0.3) is 0 Å². The molecule has 0 amide bonds. The maximum atomic E-state index is 5.71. The number of rotatable bonds is 8. The SMILES string of the molecule is CCOc1ccc(C(C)NC(=NC)NCc2cnn(C)c2)cc1OCC. The second kappa shape index (κ2) is 9.70. The zero-order chi connectivity index (χ0) is 18.9. The monoisotopic (exact) mass is 359 g/mol. The fraction of sp³-hybridized carbons (Fsp3) is 0.474. The summed E-state index contributed by atoms with van der Waals surface area (Å²) in [6.45, 7) is 7.88. The number of aromatic nitrogens is 2. The Hall–Kier alpha value is -2.70. The van der Waals surface area contributed by atoms with Crippen molar-refractivity contribution in [2.24, 2.45) is 12.0 Å². The van der Waals surface area contributed by atoms with Crippen molar-refractivity contribution in [3.63, 3.8) is 0 Å². The van der Waals surface area contributed by atoms with Crippen LogP contribution >= 0.6 is 0 Å². The number of aryl methyl sites for hydroxylation is 1. The minimum atomic E-state index is 0.0602. The number of nitrogens with one attached hydrogen (secondary N) is 2. The van der Waals surface area contributed by atoms with E-state index in [4.69, 9.17) is 9.47 Å². The summed E-state index contributed by atoms with van der Waals surface area (Å²) < 4.78 is 13.1. The van der Waals surface area contributed by atoms with Crippen molar-refractivity contribution in [1.82, 2.24) is 20.4 Å². The highest BCUT2D eigenvalue weighted by Crippen LogP contribution is 2.30. The van der Waals surface area contributed by atoms with Crippen LogP contribution in [0.4, 0.5) is 0 Å². The van der Waals surface area contributed by atoms with Gasteiger partial charge in [0.1, 0.15) is 0 Å². The summed E-state index contributed by atoms with van der Waals surface area (Å²) in [4.78, 5) is 4.29. The smallest absolute Gasteiger partial charge is 0.191 e. The average Bonchev–Trinajstić information content (AvgIpc) is 3.05. The van der Waals surface area contributed by atoms with Crippen LogP contribution in [-0.2, 0) is 13.6 Å². The van der Waals surface area contributed by atoms with E-state index >= 15 is 0 Å². The lowest BCUT2D eigenvalue weighted by Crippen LogP contribution is -2.38. The molecule has 2 N–H and O–H groups in total. The molecule has 0 aliphatic heterocycles. The van der Waals surface area contributed by atoms with E-state index in [9.17, 15) is 0 Å². The Bertz CT molecular complexity index is 726. The molecule has 0 fully saturated rings. The highest BCUT2D eigenvalue weighted by Gasteiger charge is 2.12. The van der Waals surface area contributed by atoms with Gasteiger partial charge in [0.2, 0.25) is 0 Å². The highest BCUT2D eigenvalue weighted by atomic mass is 16.5. The zero-order valence-corrected chi connectivity index (χ0v) is 16.2. The van der Waals surface area contributed by atoms with Gasteiger partial charge in [0.05, 0.1) is 25.5 Å².